The zero-order chi connectivity index (χ0) is 15.6. The molecule has 1 heterocycles. The van der Waals surface area contributed by atoms with E-state index in [2.05, 4.69) is 5.32 Å². The summed E-state index contributed by atoms with van der Waals surface area (Å²) in [5.41, 5.74) is -0.431. The number of hydrogen-bond acceptors (Lipinski definition) is 6. The molecule has 114 valence electrons. The Balaban J connectivity index is 2.29. The number of sulfonamides is 1. The summed E-state index contributed by atoms with van der Waals surface area (Å²) in [4.78, 5) is 22.0. The van der Waals surface area contributed by atoms with Gasteiger partial charge in [0.05, 0.1) is 10.5 Å². The third-order valence-corrected chi connectivity index (χ3v) is 5.00. The molecule has 1 N–H and O–H groups in total. The lowest BCUT2D eigenvalue weighted by molar-refractivity contribution is -0.384. The Labute approximate surface area is 122 Å². The van der Waals surface area contributed by atoms with Gasteiger partial charge in [-0.2, -0.15) is 0 Å². The number of non-ortho nitro benzene ring substituents is 1. The lowest BCUT2D eigenvalue weighted by atomic mass is 10.2. The minimum Gasteiger partial charge on any atom is -0.317 e. The Bertz CT molecular complexity index is 686. The SMILES string of the molecule is CCNCCCN1C(=O)c2cc([N+](=O)[O-])ccc2S1(=O)=O. The van der Waals surface area contributed by atoms with Crippen LogP contribution < -0.4 is 5.32 Å². The molecule has 0 aliphatic carbocycles. The van der Waals surface area contributed by atoms with E-state index in [1.165, 1.54) is 0 Å². The summed E-state index contributed by atoms with van der Waals surface area (Å²) in [5, 5.41) is 13.8. The molecule has 1 aromatic carbocycles. The molecule has 9 heteroatoms. The number of benzene rings is 1. The van der Waals surface area contributed by atoms with Crippen molar-refractivity contribution < 1.29 is 18.1 Å². The molecule has 0 radical (unpaired) electrons. The molecule has 1 aliphatic heterocycles. The topological polar surface area (TPSA) is 110 Å². The second kappa shape index (κ2) is 5.78. The minimum absolute atomic E-state index is 0.0522. The van der Waals surface area contributed by atoms with Crippen molar-refractivity contribution in [3.63, 3.8) is 0 Å². The Morgan fingerprint density at radius 1 is 1.38 bits per heavy atom. The molecule has 21 heavy (non-hydrogen) atoms. The molecule has 0 fully saturated rings. The molecule has 2 rings (SSSR count). The van der Waals surface area contributed by atoms with Gasteiger partial charge < -0.3 is 5.32 Å². The fourth-order valence-corrected chi connectivity index (χ4v) is 3.72. The Kier molecular flexibility index (Phi) is 4.24. The normalized spacial score (nSPS) is 16.0. The van der Waals surface area contributed by atoms with Crippen LogP contribution in [0.5, 0.6) is 0 Å². The van der Waals surface area contributed by atoms with E-state index >= 15 is 0 Å². The third kappa shape index (κ3) is 2.74. The van der Waals surface area contributed by atoms with Crippen molar-refractivity contribution in [2.75, 3.05) is 19.6 Å². The smallest absolute Gasteiger partial charge is 0.270 e. The van der Waals surface area contributed by atoms with E-state index in [1.54, 1.807) is 0 Å². The molecule has 8 nitrogen and oxygen atoms in total. The number of nitro groups is 1. The van der Waals surface area contributed by atoms with Gasteiger partial charge in [0.2, 0.25) is 0 Å². The van der Waals surface area contributed by atoms with Crippen molar-refractivity contribution in [1.29, 1.82) is 0 Å². The van der Waals surface area contributed by atoms with Crippen molar-refractivity contribution in [3.8, 4) is 0 Å². The summed E-state index contributed by atoms with van der Waals surface area (Å²) in [5.74, 6) is -0.704. The van der Waals surface area contributed by atoms with E-state index in [4.69, 9.17) is 0 Å². The number of hydrogen-bond donors (Lipinski definition) is 1. The maximum Gasteiger partial charge on any atom is 0.270 e. The van der Waals surface area contributed by atoms with E-state index in [1.807, 2.05) is 6.92 Å². The first-order chi connectivity index (χ1) is 9.89. The molecule has 1 amide bonds. The highest BCUT2D eigenvalue weighted by molar-refractivity contribution is 7.90. The largest absolute Gasteiger partial charge is 0.317 e. The maximum atomic E-state index is 12.3. The molecule has 0 saturated carbocycles. The number of nitrogens with one attached hydrogen (secondary N) is 1. The third-order valence-electron chi connectivity index (χ3n) is 3.16. The summed E-state index contributed by atoms with van der Waals surface area (Å²) in [6.07, 6.45) is 0.481. The van der Waals surface area contributed by atoms with Gasteiger partial charge in [0.1, 0.15) is 4.90 Å². The lowest BCUT2D eigenvalue weighted by Crippen LogP contribution is -2.32. The summed E-state index contributed by atoms with van der Waals surface area (Å²) in [7, 11) is -3.89. The zero-order valence-electron chi connectivity index (χ0n) is 11.4. The van der Waals surface area contributed by atoms with Crippen molar-refractivity contribution in [2.45, 2.75) is 18.2 Å². The standard InChI is InChI=1S/C12H15N3O5S/c1-2-13-6-3-7-14-12(16)10-8-9(15(17)18)4-5-11(10)21(14,19)20/h4-5,8,13H,2-3,6-7H2,1H3. The van der Waals surface area contributed by atoms with E-state index in [9.17, 15) is 23.3 Å². The van der Waals surface area contributed by atoms with Crippen molar-refractivity contribution in [2.24, 2.45) is 0 Å². The van der Waals surface area contributed by atoms with Gasteiger partial charge in [-0.15, -0.1) is 0 Å². The molecule has 0 aromatic heterocycles. The number of rotatable bonds is 6. The molecular formula is C12H15N3O5S. The van der Waals surface area contributed by atoms with Gasteiger partial charge in [0.25, 0.3) is 21.6 Å². The van der Waals surface area contributed by atoms with E-state index in [0.29, 0.717) is 13.0 Å². The van der Waals surface area contributed by atoms with E-state index in [-0.39, 0.29) is 22.7 Å². The predicted octanol–water partition coefficient (Wildman–Crippen LogP) is 0.739. The Hall–Kier alpha value is -2.00. The highest BCUT2D eigenvalue weighted by atomic mass is 32.2. The van der Waals surface area contributed by atoms with Crippen LogP contribution in [0, 0.1) is 10.1 Å². The fraction of sp³-hybridized carbons (Fsp3) is 0.417. The Morgan fingerprint density at radius 2 is 2.10 bits per heavy atom. The van der Waals surface area contributed by atoms with Crippen LogP contribution in [0.2, 0.25) is 0 Å². The lowest BCUT2D eigenvalue weighted by Gasteiger charge is -2.14. The fourth-order valence-electron chi connectivity index (χ4n) is 2.13. The van der Waals surface area contributed by atoms with Crippen LogP contribution in [-0.2, 0) is 10.0 Å². The first kappa shape index (κ1) is 15.4. The van der Waals surface area contributed by atoms with Crippen LogP contribution >= 0.6 is 0 Å². The van der Waals surface area contributed by atoms with Crippen molar-refractivity contribution in [3.05, 3.63) is 33.9 Å². The number of nitrogens with zero attached hydrogens (tertiary/aromatic N) is 2. The van der Waals surface area contributed by atoms with Gasteiger partial charge in [-0.05, 0) is 25.6 Å². The zero-order valence-corrected chi connectivity index (χ0v) is 12.2. The van der Waals surface area contributed by atoms with Gasteiger partial charge >= 0.3 is 0 Å². The number of carbonyl (C=O) groups excluding carboxylic acids is 1. The molecule has 0 unspecified atom stereocenters. The molecular weight excluding hydrogens is 298 g/mol. The number of amides is 1. The van der Waals surface area contributed by atoms with Gasteiger partial charge in [-0.25, -0.2) is 12.7 Å². The molecule has 0 atom stereocenters. The number of fused-ring (bicyclic) bond motifs is 1. The molecule has 1 aliphatic rings. The van der Waals surface area contributed by atoms with Crippen LogP contribution in [0.25, 0.3) is 0 Å². The van der Waals surface area contributed by atoms with Crippen LogP contribution in [-0.4, -0.2) is 43.2 Å². The summed E-state index contributed by atoms with van der Waals surface area (Å²) in [6.45, 7) is 3.32. The average Bonchev–Trinajstić information content (AvgIpc) is 2.63. The predicted molar refractivity (Wildman–Crippen MR) is 74.5 cm³/mol. The summed E-state index contributed by atoms with van der Waals surface area (Å²) in [6, 6.07) is 3.22. The van der Waals surface area contributed by atoms with Gasteiger partial charge in [-0.1, -0.05) is 6.92 Å². The van der Waals surface area contributed by atoms with Crippen molar-refractivity contribution in [1.82, 2.24) is 9.62 Å². The van der Waals surface area contributed by atoms with Gasteiger partial charge in [0.15, 0.2) is 0 Å². The van der Waals surface area contributed by atoms with E-state index < -0.39 is 20.9 Å². The second-order valence-corrected chi connectivity index (χ2v) is 6.36. The molecule has 0 spiro atoms. The number of carbonyl (C=O) groups is 1. The quantitative estimate of drug-likeness (QED) is 0.471. The number of nitro benzene ring substituents is 1. The highest BCUT2D eigenvalue weighted by Crippen LogP contribution is 2.32. The van der Waals surface area contributed by atoms with Gasteiger partial charge in [0, 0.05) is 18.7 Å². The van der Waals surface area contributed by atoms with Crippen LogP contribution in [0.3, 0.4) is 0 Å². The van der Waals surface area contributed by atoms with Crippen LogP contribution in [0.4, 0.5) is 5.69 Å². The Morgan fingerprint density at radius 3 is 2.71 bits per heavy atom. The van der Waals surface area contributed by atoms with Crippen LogP contribution in [0.15, 0.2) is 23.1 Å². The maximum absolute atomic E-state index is 12.3. The molecule has 0 bridgehead atoms. The van der Waals surface area contributed by atoms with Crippen LogP contribution in [0.1, 0.15) is 23.7 Å². The average molecular weight is 313 g/mol. The first-order valence-corrected chi connectivity index (χ1v) is 7.90. The first-order valence-electron chi connectivity index (χ1n) is 6.45. The van der Waals surface area contributed by atoms with Crippen molar-refractivity contribution >= 4 is 21.6 Å². The highest BCUT2D eigenvalue weighted by Gasteiger charge is 2.41. The molecule has 1 aromatic rings. The minimum atomic E-state index is -3.89. The van der Waals surface area contributed by atoms with Gasteiger partial charge in [-0.3, -0.25) is 14.9 Å². The second-order valence-electron chi connectivity index (χ2n) is 4.53. The molecule has 0 saturated heterocycles. The van der Waals surface area contributed by atoms with E-state index in [0.717, 1.165) is 29.0 Å². The monoisotopic (exact) mass is 313 g/mol. The summed E-state index contributed by atoms with van der Waals surface area (Å²) >= 11 is 0. The summed E-state index contributed by atoms with van der Waals surface area (Å²) < 4.78 is 25.3.